The van der Waals surface area contributed by atoms with E-state index in [9.17, 15) is 4.79 Å². The molecule has 1 rings (SSSR count). The molecular weight excluding hydrogens is 150 g/mol. The minimum Gasteiger partial charge on any atom is -0.310 e. The Morgan fingerprint density at radius 2 is 2.08 bits per heavy atom. The molecule has 12 heavy (non-hydrogen) atoms. The topological polar surface area (TPSA) is 29.1 Å². The summed E-state index contributed by atoms with van der Waals surface area (Å²) in [6.07, 6.45) is 6.03. The maximum Gasteiger partial charge on any atom is 0.146 e. The first-order chi connectivity index (χ1) is 5.83. The van der Waals surface area contributed by atoms with Crippen LogP contribution >= 0.6 is 0 Å². The molecule has 2 heteroatoms. The molecule has 0 radical (unpaired) electrons. The van der Waals surface area contributed by atoms with Gasteiger partial charge >= 0.3 is 0 Å². The predicted molar refractivity (Wildman–Crippen MR) is 50.1 cm³/mol. The van der Waals surface area contributed by atoms with Crippen LogP contribution in [-0.2, 0) is 4.79 Å². The lowest BCUT2D eigenvalue weighted by atomic mass is 10.0. The Labute approximate surface area is 74.7 Å². The van der Waals surface area contributed by atoms with Gasteiger partial charge in [0.25, 0.3) is 0 Å². The fraction of sp³-hybridized carbons (Fsp3) is 0.900. The van der Waals surface area contributed by atoms with Crippen LogP contribution in [-0.4, -0.2) is 18.9 Å². The van der Waals surface area contributed by atoms with E-state index in [1.165, 1.54) is 25.7 Å². The number of Topliss-reactive ketones (excluding diaryl/α,β-unsaturated/α-hetero) is 1. The molecule has 0 aromatic rings. The highest BCUT2D eigenvalue weighted by atomic mass is 16.1. The second-order valence-electron chi connectivity index (χ2n) is 3.67. The third-order valence-electron chi connectivity index (χ3n) is 2.56. The van der Waals surface area contributed by atoms with E-state index >= 15 is 0 Å². The van der Waals surface area contributed by atoms with Crippen molar-refractivity contribution in [2.45, 2.75) is 39.0 Å². The number of nitrogens with one attached hydrogen (secondary N) is 1. The van der Waals surface area contributed by atoms with Gasteiger partial charge in [0.1, 0.15) is 5.78 Å². The SMILES string of the molecule is CCNCC(=O)CC1CCCC1. The molecule has 1 N–H and O–H groups in total. The number of ketones is 1. The quantitative estimate of drug-likeness (QED) is 0.679. The summed E-state index contributed by atoms with van der Waals surface area (Å²) >= 11 is 0. The second kappa shape index (κ2) is 5.31. The maximum absolute atomic E-state index is 11.3. The Hall–Kier alpha value is -0.370. The highest BCUT2D eigenvalue weighted by molar-refractivity contribution is 5.80. The molecule has 1 fully saturated rings. The molecule has 0 aliphatic heterocycles. The van der Waals surface area contributed by atoms with E-state index in [1.807, 2.05) is 6.92 Å². The number of carbonyl (C=O) groups excluding carboxylic acids is 1. The van der Waals surface area contributed by atoms with Crippen LogP contribution in [0.5, 0.6) is 0 Å². The van der Waals surface area contributed by atoms with Gasteiger partial charge in [-0.3, -0.25) is 4.79 Å². The molecule has 70 valence electrons. The molecule has 0 aromatic heterocycles. The van der Waals surface area contributed by atoms with Crippen LogP contribution in [0.15, 0.2) is 0 Å². The summed E-state index contributed by atoms with van der Waals surface area (Å²) in [6, 6.07) is 0. The number of likely N-dealkylation sites (N-methyl/N-ethyl adjacent to an activating group) is 1. The second-order valence-corrected chi connectivity index (χ2v) is 3.67. The molecule has 0 bridgehead atoms. The molecular formula is C10H19NO. The standard InChI is InChI=1S/C10H19NO/c1-2-11-8-10(12)7-9-5-3-4-6-9/h9,11H,2-8H2,1H3. The molecule has 0 unspecified atom stereocenters. The van der Waals surface area contributed by atoms with Crippen LogP contribution in [0.3, 0.4) is 0 Å². The molecule has 0 heterocycles. The number of hydrogen-bond donors (Lipinski definition) is 1. The van der Waals surface area contributed by atoms with Crippen molar-refractivity contribution in [3.05, 3.63) is 0 Å². The van der Waals surface area contributed by atoms with Gasteiger partial charge in [-0.05, 0) is 12.5 Å². The van der Waals surface area contributed by atoms with Crippen molar-refractivity contribution < 1.29 is 4.79 Å². The summed E-state index contributed by atoms with van der Waals surface area (Å²) in [6.45, 7) is 3.51. The Kier molecular flexibility index (Phi) is 4.30. The molecule has 1 aliphatic rings. The lowest BCUT2D eigenvalue weighted by Crippen LogP contribution is -2.23. The van der Waals surface area contributed by atoms with Gasteiger partial charge in [-0.1, -0.05) is 32.6 Å². The maximum atomic E-state index is 11.3. The zero-order valence-corrected chi connectivity index (χ0v) is 7.94. The van der Waals surface area contributed by atoms with Gasteiger partial charge in [0.05, 0.1) is 6.54 Å². The highest BCUT2D eigenvalue weighted by Gasteiger charge is 2.17. The van der Waals surface area contributed by atoms with E-state index in [2.05, 4.69) is 5.32 Å². The normalized spacial score (nSPS) is 18.4. The van der Waals surface area contributed by atoms with Crippen molar-refractivity contribution in [2.75, 3.05) is 13.1 Å². The average Bonchev–Trinajstić information content (AvgIpc) is 2.53. The van der Waals surface area contributed by atoms with Crippen LogP contribution in [0.25, 0.3) is 0 Å². The van der Waals surface area contributed by atoms with Crippen LogP contribution in [0, 0.1) is 5.92 Å². The Bertz CT molecular complexity index is 139. The summed E-state index contributed by atoms with van der Waals surface area (Å²) in [7, 11) is 0. The fourth-order valence-electron chi connectivity index (χ4n) is 1.87. The van der Waals surface area contributed by atoms with E-state index in [4.69, 9.17) is 0 Å². The lowest BCUT2D eigenvalue weighted by molar-refractivity contribution is -0.119. The molecule has 1 aliphatic carbocycles. The molecule has 0 atom stereocenters. The van der Waals surface area contributed by atoms with E-state index in [-0.39, 0.29) is 0 Å². The van der Waals surface area contributed by atoms with Crippen LogP contribution < -0.4 is 5.32 Å². The van der Waals surface area contributed by atoms with Gasteiger partial charge in [-0.25, -0.2) is 0 Å². The van der Waals surface area contributed by atoms with Crippen molar-refractivity contribution in [2.24, 2.45) is 5.92 Å². The Morgan fingerprint density at radius 3 is 2.67 bits per heavy atom. The van der Waals surface area contributed by atoms with Gasteiger partial charge < -0.3 is 5.32 Å². The average molecular weight is 169 g/mol. The van der Waals surface area contributed by atoms with Crippen molar-refractivity contribution in [3.8, 4) is 0 Å². The molecule has 0 spiro atoms. The van der Waals surface area contributed by atoms with E-state index in [0.717, 1.165) is 13.0 Å². The minimum absolute atomic E-state index is 0.392. The van der Waals surface area contributed by atoms with E-state index in [1.54, 1.807) is 0 Å². The Balaban J connectivity index is 2.08. The zero-order valence-electron chi connectivity index (χ0n) is 7.94. The first-order valence-electron chi connectivity index (χ1n) is 5.05. The van der Waals surface area contributed by atoms with Gasteiger partial charge in [-0.2, -0.15) is 0 Å². The number of rotatable bonds is 5. The number of carbonyl (C=O) groups is 1. The highest BCUT2D eigenvalue weighted by Crippen LogP contribution is 2.27. The van der Waals surface area contributed by atoms with Crippen molar-refractivity contribution in [3.63, 3.8) is 0 Å². The molecule has 0 aromatic carbocycles. The van der Waals surface area contributed by atoms with Gasteiger partial charge in [0, 0.05) is 6.42 Å². The smallest absolute Gasteiger partial charge is 0.146 e. The molecule has 0 amide bonds. The van der Waals surface area contributed by atoms with Gasteiger partial charge in [0.2, 0.25) is 0 Å². The molecule has 1 saturated carbocycles. The first kappa shape index (κ1) is 9.72. The third kappa shape index (κ3) is 3.35. The monoisotopic (exact) mass is 169 g/mol. The first-order valence-corrected chi connectivity index (χ1v) is 5.05. The van der Waals surface area contributed by atoms with E-state index in [0.29, 0.717) is 18.2 Å². The molecule has 2 nitrogen and oxygen atoms in total. The Morgan fingerprint density at radius 1 is 1.42 bits per heavy atom. The third-order valence-corrected chi connectivity index (χ3v) is 2.56. The largest absolute Gasteiger partial charge is 0.310 e. The summed E-state index contributed by atoms with van der Waals surface area (Å²) in [5, 5.41) is 3.07. The van der Waals surface area contributed by atoms with Crippen LogP contribution in [0.4, 0.5) is 0 Å². The lowest BCUT2D eigenvalue weighted by Gasteiger charge is -2.07. The van der Waals surface area contributed by atoms with Crippen molar-refractivity contribution >= 4 is 5.78 Å². The zero-order chi connectivity index (χ0) is 8.81. The van der Waals surface area contributed by atoms with Crippen LogP contribution in [0.2, 0.25) is 0 Å². The fourth-order valence-corrected chi connectivity index (χ4v) is 1.87. The molecule has 0 saturated heterocycles. The van der Waals surface area contributed by atoms with Gasteiger partial charge in [0.15, 0.2) is 0 Å². The van der Waals surface area contributed by atoms with Crippen LogP contribution in [0.1, 0.15) is 39.0 Å². The number of hydrogen-bond acceptors (Lipinski definition) is 2. The predicted octanol–water partition coefficient (Wildman–Crippen LogP) is 1.75. The summed E-state index contributed by atoms with van der Waals surface area (Å²) in [4.78, 5) is 11.3. The summed E-state index contributed by atoms with van der Waals surface area (Å²) in [5.41, 5.74) is 0. The van der Waals surface area contributed by atoms with E-state index < -0.39 is 0 Å². The van der Waals surface area contributed by atoms with Gasteiger partial charge in [-0.15, -0.1) is 0 Å². The summed E-state index contributed by atoms with van der Waals surface area (Å²) < 4.78 is 0. The minimum atomic E-state index is 0.392. The summed E-state index contributed by atoms with van der Waals surface area (Å²) in [5.74, 6) is 1.10. The van der Waals surface area contributed by atoms with Crippen molar-refractivity contribution in [1.29, 1.82) is 0 Å². The van der Waals surface area contributed by atoms with Crippen molar-refractivity contribution in [1.82, 2.24) is 5.32 Å².